The highest BCUT2D eigenvalue weighted by atomic mass is 31.2. The van der Waals surface area contributed by atoms with Gasteiger partial charge >= 0.3 is 0 Å². The van der Waals surface area contributed by atoms with E-state index in [1.807, 2.05) is 158 Å². The SMILES string of the molecule is CCc1nc2cccc3c2n1-c1ccc(-c2cc4ccccc4c4ccccc24)cc1P3(=O)c1ccccc1.CCc1nc2cccc3c2n1-c1ccc(-c2cc4ccccc4c4ncccc24)cc1P3(=O)c1ccccc1.CCc1nc2cccc3c2n1-c1ccc(-c2ccc(-c4cc5ccccc5c5ccccc45)cc2)cc1P3(=O)c1ccccc1. The van der Waals surface area contributed by atoms with E-state index in [0.717, 1.165) is 190 Å². The fraction of sp³-hybridized carbons (Fsp3) is 0.0545. The molecule has 0 N–H and O–H groups in total. The monoisotopic (exact) mass is 1640 g/mol. The van der Waals surface area contributed by atoms with Crippen molar-refractivity contribution < 1.29 is 13.7 Å². The van der Waals surface area contributed by atoms with Gasteiger partial charge in [-0.2, -0.15) is 0 Å². The average molecular weight is 1640 g/mol. The first-order valence-corrected chi connectivity index (χ1v) is 47.3. The molecule has 586 valence electrons. The highest BCUT2D eigenvalue weighted by molar-refractivity contribution is 7.87. The van der Waals surface area contributed by atoms with Crippen molar-refractivity contribution in [3.05, 3.63) is 400 Å². The number of hydrogen-bond donors (Lipinski definition) is 0. The summed E-state index contributed by atoms with van der Waals surface area (Å²) < 4.78 is 53.4. The summed E-state index contributed by atoms with van der Waals surface area (Å²) in [5, 5.41) is 20.9. The second kappa shape index (κ2) is 29.0. The minimum absolute atomic E-state index is 0.784. The Morgan fingerprint density at radius 2 is 0.553 bits per heavy atom. The van der Waals surface area contributed by atoms with Gasteiger partial charge in [0.1, 0.15) is 17.5 Å². The van der Waals surface area contributed by atoms with E-state index in [4.69, 9.17) is 19.9 Å². The molecular formula is C110H78N7O3P3. The largest absolute Gasteiger partial charge is 0.308 e. The third-order valence-electron chi connectivity index (χ3n) is 25.5. The fourth-order valence-electron chi connectivity index (χ4n) is 19.8. The van der Waals surface area contributed by atoms with Crippen molar-refractivity contribution in [2.24, 2.45) is 0 Å². The molecule has 0 spiro atoms. The maximum Gasteiger partial charge on any atom is 0.175 e. The van der Waals surface area contributed by atoms with E-state index in [0.29, 0.717) is 0 Å². The number of nitrogens with zero attached hydrogens (tertiary/aromatic N) is 7. The van der Waals surface area contributed by atoms with Gasteiger partial charge < -0.3 is 13.7 Å². The van der Waals surface area contributed by atoms with E-state index in [1.54, 1.807) is 0 Å². The average Bonchev–Trinajstić information content (AvgIpc) is 1.66. The molecule has 3 atom stereocenters. The number of hydrogen-bond acceptors (Lipinski definition) is 7. The lowest BCUT2D eigenvalue weighted by Gasteiger charge is -2.29. The van der Waals surface area contributed by atoms with Crippen molar-refractivity contribution in [2.45, 2.75) is 40.0 Å². The Labute approximate surface area is 710 Å². The summed E-state index contributed by atoms with van der Waals surface area (Å²) in [5.41, 5.74) is 18.3. The molecule has 0 radical (unpaired) electrons. The molecule has 0 aliphatic carbocycles. The summed E-state index contributed by atoms with van der Waals surface area (Å²) in [6.45, 7) is 6.38. The standard InChI is InChI=1S/C41H29N2OP.C35H25N2OP.C34H24N3OP/c1-2-40-42-36-17-10-18-38-41(36)43(40)37-24-23-29(26-39(37)45(38,44)31-12-4-3-5-13-31)27-19-21-28(22-20-27)35-25-30-11-6-7-14-32(30)33-15-8-9-16-34(33)35;1-2-34-36-30-17-10-18-32-35(30)37(34)31-20-19-24(22-33(31)39(32,38)25-12-4-3-5-13-25)29-21-23-11-6-7-14-26(23)27-15-8-9-16-28(27)29;1-2-32-36-28-15-8-16-30-34(28)37(32)29-18-17-23(21-31(29)39(30,38)24-11-4-3-5-12-24)27-20-22-10-6-7-13-25(22)33-26(27)14-9-19-35-33/h3-26H,2H2,1H3;3-22H,2H2,1H3;3-21H,2H2,1H3. The number of benzene rings is 18. The Kier molecular flexibility index (Phi) is 17.4. The van der Waals surface area contributed by atoms with E-state index in [2.05, 4.69) is 259 Å². The summed E-state index contributed by atoms with van der Waals surface area (Å²) in [6, 6.07) is 130. The molecule has 0 saturated heterocycles. The summed E-state index contributed by atoms with van der Waals surface area (Å²) in [7, 11) is -9.55. The van der Waals surface area contributed by atoms with Crippen LogP contribution in [0.1, 0.15) is 38.2 Å². The third-order valence-corrected chi connectivity index (χ3v) is 34.8. The number of imidazole rings is 3. The molecule has 10 nitrogen and oxygen atoms in total. The molecule has 3 aliphatic rings. The van der Waals surface area contributed by atoms with Gasteiger partial charge in [-0.15, -0.1) is 0 Å². The Morgan fingerprint density at radius 1 is 0.244 bits per heavy atom. The van der Waals surface area contributed by atoms with Crippen LogP contribution in [0.4, 0.5) is 0 Å². The number of aryl methyl sites for hydroxylation is 3. The smallest absolute Gasteiger partial charge is 0.175 e. The van der Waals surface area contributed by atoms with Crippen LogP contribution in [0.15, 0.2) is 382 Å². The molecule has 3 aliphatic heterocycles. The predicted molar refractivity (Wildman–Crippen MR) is 515 cm³/mol. The lowest BCUT2D eigenvalue weighted by molar-refractivity contribution is 0.591. The van der Waals surface area contributed by atoms with Gasteiger partial charge in [-0.05, 0) is 190 Å². The van der Waals surface area contributed by atoms with Crippen molar-refractivity contribution in [2.75, 3.05) is 0 Å². The third kappa shape index (κ3) is 11.3. The summed E-state index contributed by atoms with van der Waals surface area (Å²) in [4.78, 5) is 19.6. The van der Waals surface area contributed by atoms with Crippen molar-refractivity contribution in [1.29, 1.82) is 0 Å². The topological polar surface area (TPSA) is 118 Å². The second-order valence-corrected chi connectivity index (χ2v) is 40.1. The summed E-state index contributed by atoms with van der Waals surface area (Å²) in [5.74, 6) is 2.95. The Balaban J connectivity index is 0.000000107. The molecule has 3 unspecified atom stereocenters. The van der Waals surface area contributed by atoms with Gasteiger partial charge in [0.05, 0.1) is 55.7 Å². The molecule has 13 heteroatoms. The molecule has 7 heterocycles. The van der Waals surface area contributed by atoms with Gasteiger partial charge in [-0.3, -0.25) is 18.7 Å². The van der Waals surface area contributed by atoms with Crippen LogP contribution in [0.5, 0.6) is 0 Å². The summed E-state index contributed by atoms with van der Waals surface area (Å²) >= 11 is 0. The van der Waals surface area contributed by atoms with E-state index in [9.17, 15) is 0 Å². The number of rotatable bonds is 10. The van der Waals surface area contributed by atoms with E-state index < -0.39 is 21.4 Å². The number of fused-ring (bicyclic) bond motifs is 15. The van der Waals surface area contributed by atoms with Crippen LogP contribution >= 0.6 is 21.4 Å². The van der Waals surface area contributed by atoms with Gasteiger partial charge in [0.2, 0.25) is 0 Å². The molecule has 0 saturated carbocycles. The quantitative estimate of drug-likeness (QED) is 0.0988. The van der Waals surface area contributed by atoms with Gasteiger partial charge in [0.15, 0.2) is 21.4 Å². The lowest BCUT2D eigenvalue weighted by atomic mass is 9.92. The highest BCUT2D eigenvalue weighted by Gasteiger charge is 2.44. The molecule has 22 aromatic rings. The number of pyridine rings is 1. The molecule has 25 rings (SSSR count). The second-order valence-electron chi connectivity index (χ2n) is 32.0. The van der Waals surface area contributed by atoms with Crippen molar-refractivity contribution in [1.82, 2.24) is 33.6 Å². The predicted octanol–water partition coefficient (Wildman–Crippen LogP) is 23.6. The van der Waals surface area contributed by atoms with Crippen LogP contribution in [0, 0.1) is 0 Å². The van der Waals surface area contributed by atoms with E-state index in [-0.39, 0.29) is 0 Å². The minimum atomic E-state index is -3.19. The van der Waals surface area contributed by atoms with Gasteiger partial charge in [-0.25, -0.2) is 15.0 Å². The normalized spacial score (nSPS) is 15.9. The molecule has 0 amide bonds. The first-order chi connectivity index (χ1) is 60.5. The van der Waals surface area contributed by atoms with Crippen molar-refractivity contribution >= 4 is 167 Å². The van der Waals surface area contributed by atoms with E-state index in [1.165, 1.54) is 54.2 Å². The Morgan fingerprint density at radius 3 is 0.959 bits per heavy atom. The van der Waals surface area contributed by atoms with Gasteiger partial charge in [-0.1, -0.05) is 300 Å². The first-order valence-electron chi connectivity index (χ1n) is 42.2. The zero-order valence-electron chi connectivity index (χ0n) is 67.7. The zero-order valence-corrected chi connectivity index (χ0v) is 70.4. The maximum atomic E-state index is 15.6. The van der Waals surface area contributed by atoms with Crippen molar-refractivity contribution in [3.63, 3.8) is 0 Å². The molecule has 123 heavy (non-hydrogen) atoms. The molecule has 18 aromatic carbocycles. The van der Waals surface area contributed by atoms with Crippen LogP contribution in [-0.2, 0) is 33.0 Å². The molecule has 4 aromatic heterocycles. The van der Waals surface area contributed by atoms with Gasteiger partial charge in [0, 0.05) is 84.0 Å². The zero-order chi connectivity index (χ0) is 82.4. The fourth-order valence-corrected chi connectivity index (χ4v) is 28.9. The molecule has 0 bridgehead atoms. The molecule has 0 fully saturated rings. The lowest BCUT2D eigenvalue weighted by Crippen LogP contribution is -2.33. The van der Waals surface area contributed by atoms with Crippen molar-refractivity contribution in [3.8, 4) is 61.6 Å². The molecular weight excluding hydrogens is 1560 g/mol. The number of aromatic nitrogens is 7. The van der Waals surface area contributed by atoms with E-state index >= 15 is 13.7 Å². The highest BCUT2D eigenvalue weighted by Crippen LogP contribution is 2.55. The Hall–Kier alpha value is -14.2. The van der Waals surface area contributed by atoms with Gasteiger partial charge in [0.25, 0.3) is 0 Å². The maximum absolute atomic E-state index is 15.6. The summed E-state index contributed by atoms with van der Waals surface area (Å²) in [6.07, 6.45) is 4.21. The van der Waals surface area contributed by atoms with Crippen LogP contribution in [0.2, 0.25) is 0 Å². The van der Waals surface area contributed by atoms with Crippen LogP contribution in [-0.4, -0.2) is 33.6 Å². The van der Waals surface area contributed by atoms with Crippen LogP contribution < -0.4 is 47.7 Å². The number of para-hydroxylation sites is 3. The Bertz CT molecular complexity index is 8010. The van der Waals surface area contributed by atoms with Crippen LogP contribution in [0.25, 0.3) is 159 Å². The minimum Gasteiger partial charge on any atom is -0.308 e. The first kappa shape index (κ1) is 73.9. The van der Waals surface area contributed by atoms with Crippen LogP contribution in [0.3, 0.4) is 0 Å².